The third kappa shape index (κ3) is 5.86. The topological polar surface area (TPSA) is 3.24 Å². The molecule has 0 spiro atoms. The van der Waals surface area contributed by atoms with Crippen LogP contribution in [0.25, 0.3) is 0 Å². The Bertz CT molecular complexity index is 53.1. The first-order valence-corrected chi connectivity index (χ1v) is 1.78. The molecule has 0 aliphatic heterocycles. The second-order valence-corrected chi connectivity index (χ2v) is 1.03. The Morgan fingerprint density at radius 3 is 1.57 bits per heavy atom. The number of rotatable bonds is 2. The monoisotopic (exact) mass is 134 g/mol. The fourth-order valence-corrected chi connectivity index (χ4v) is 0.0745. The van der Waals surface area contributed by atoms with Crippen molar-refractivity contribution in [2.75, 3.05) is 7.05 Å². The van der Waals surface area contributed by atoms with Gasteiger partial charge in [0, 0.05) is 25.6 Å². The molecule has 0 N–H and O–H groups in total. The molecule has 0 aliphatic carbocycles. The van der Waals surface area contributed by atoms with Crippen molar-refractivity contribution in [3.8, 4) is 0 Å². The van der Waals surface area contributed by atoms with Gasteiger partial charge in [-0.25, -0.2) is 0 Å². The Hall–Kier alpha value is -0.136. The molecule has 0 fully saturated rings. The molecule has 0 rings (SSSR count). The predicted octanol–water partition coefficient (Wildman–Crippen LogP) is 1.20. The van der Waals surface area contributed by atoms with Gasteiger partial charge in [0.2, 0.25) is 0 Å². The van der Waals surface area contributed by atoms with Crippen LogP contribution in [0, 0.1) is 0 Å². The summed E-state index contributed by atoms with van der Waals surface area (Å²) in [4.78, 5) is 1.78. The first-order chi connectivity index (χ1) is 2.81. The molecule has 7 heavy (non-hydrogen) atoms. The van der Waals surface area contributed by atoms with Gasteiger partial charge in [-0.2, -0.15) is 0 Å². The van der Waals surface area contributed by atoms with Crippen LogP contribution in [-0.4, -0.2) is 11.9 Å². The molecule has 0 bridgehead atoms. The Balaban J connectivity index is 0. The molecule has 0 aliphatic rings. The normalized spacial score (nSPS) is 5.86. The van der Waals surface area contributed by atoms with Crippen molar-refractivity contribution < 1.29 is 18.6 Å². The molecule has 0 aromatic heterocycles. The van der Waals surface area contributed by atoms with Crippen LogP contribution in [0.15, 0.2) is 25.6 Å². The van der Waals surface area contributed by atoms with E-state index in [9.17, 15) is 0 Å². The Morgan fingerprint density at radius 1 is 1.29 bits per heavy atom. The molecule has 0 atom stereocenters. The van der Waals surface area contributed by atoms with E-state index in [0.29, 0.717) is 0 Å². The first kappa shape index (κ1) is 9.98. The Kier molecular flexibility index (Phi) is 8.36. The van der Waals surface area contributed by atoms with E-state index in [2.05, 4.69) is 13.2 Å². The second-order valence-electron chi connectivity index (χ2n) is 1.03. The largest absolute Gasteiger partial charge is 0.358 e. The van der Waals surface area contributed by atoms with Gasteiger partial charge in [0.05, 0.1) is 0 Å². The van der Waals surface area contributed by atoms with Crippen LogP contribution >= 0.6 is 0 Å². The molecule has 39 valence electrons. The van der Waals surface area contributed by atoms with Crippen LogP contribution < -0.4 is 0 Å². The zero-order valence-electron chi connectivity index (χ0n) is 4.46. The van der Waals surface area contributed by atoms with Crippen LogP contribution in [0.4, 0.5) is 0 Å². The van der Waals surface area contributed by atoms with Crippen molar-refractivity contribution >= 4 is 0 Å². The Morgan fingerprint density at radius 2 is 1.57 bits per heavy atom. The van der Waals surface area contributed by atoms with Gasteiger partial charge in [0.15, 0.2) is 0 Å². The van der Waals surface area contributed by atoms with Crippen molar-refractivity contribution in [2.45, 2.75) is 0 Å². The molecule has 1 nitrogen and oxygen atoms in total. The smallest absolute Gasteiger partial charge is 0.0106 e. The maximum absolute atomic E-state index is 3.49. The van der Waals surface area contributed by atoms with Crippen LogP contribution in [0.1, 0.15) is 0 Å². The molecule has 0 aromatic carbocycles. The van der Waals surface area contributed by atoms with Gasteiger partial charge in [0.25, 0.3) is 0 Å². The SMILES string of the molecule is C=CN(C)C=C.[V]. The average molecular weight is 134 g/mol. The van der Waals surface area contributed by atoms with Crippen LogP contribution in [0.2, 0.25) is 0 Å². The second kappa shape index (κ2) is 5.86. The minimum atomic E-state index is 0. The standard InChI is InChI=1S/C5H9N.V/c1-4-6(3)5-2;/h4-5H,1-2H2,3H3;. The molecule has 0 amide bonds. The molecule has 0 saturated carbocycles. The summed E-state index contributed by atoms with van der Waals surface area (Å²) in [5, 5.41) is 0. The molecule has 1 radical (unpaired) electrons. The van der Waals surface area contributed by atoms with Gasteiger partial charge in [-0.3, -0.25) is 0 Å². The van der Waals surface area contributed by atoms with E-state index in [-0.39, 0.29) is 18.6 Å². The summed E-state index contributed by atoms with van der Waals surface area (Å²) in [6.07, 6.45) is 3.38. The van der Waals surface area contributed by atoms with Crippen molar-refractivity contribution in [1.82, 2.24) is 4.90 Å². The van der Waals surface area contributed by atoms with Crippen LogP contribution in [0.5, 0.6) is 0 Å². The predicted molar refractivity (Wildman–Crippen MR) is 28.2 cm³/mol. The van der Waals surface area contributed by atoms with E-state index in [4.69, 9.17) is 0 Å². The van der Waals surface area contributed by atoms with Gasteiger partial charge in [0.1, 0.15) is 0 Å². The zero-order valence-corrected chi connectivity index (χ0v) is 5.86. The van der Waals surface area contributed by atoms with E-state index in [1.807, 2.05) is 7.05 Å². The number of nitrogens with zero attached hydrogens (tertiary/aromatic N) is 1. The van der Waals surface area contributed by atoms with E-state index in [1.165, 1.54) is 0 Å². The van der Waals surface area contributed by atoms with Crippen LogP contribution in [-0.2, 0) is 18.6 Å². The number of hydrogen-bond acceptors (Lipinski definition) is 1. The summed E-state index contributed by atoms with van der Waals surface area (Å²) in [7, 11) is 1.88. The van der Waals surface area contributed by atoms with Gasteiger partial charge in [-0.05, 0) is 12.4 Å². The van der Waals surface area contributed by atoms with Gasteiger partial charge >= 0.3 is 0 Å². The third-order valence-corrected chi connectivity index (χ3v) is 0.576. The summed E-state index contributed by atoms with van der Waals surface area (Å²) in [6, 6.07) is 0. The molecule has 0 saturated heterocycles. The average Bonchev–Trinajstić information content (AvgIpc) is 1.65. The van der Waals surface area contributed by atoms with Crippen molar-refractivity contribution in [2.24, 2.45) is 0 Å². The maximum Gasteiger partial charge on any atom is 0.0106 e. The molecule has 2 heteroatoms. The van der Waals surface area contributed by atoms with Crippen molar-refractivity contribution in [1.29, 1.82) is 0 Å². The fraction of sp³-hybridized carbons (Fsp3) is 0.200. The Labute approximate surface area is 56.6 Å². The number of hydrogen-bond donors (Lipinski definition) is 0. The van der Waals surface area contributed by atoms with Crippen LogP contribution in [0.3, 0.4) is 0 Å². The molecular formula is C5H9NV. The van der Waals surface area contributed by atoms with Gasteiger partial charge in [-0.1, -0.05) is 13.2 Å². The van der Waals surface area contributed by atoms with Gasteiger partial charge in [-0.15, -0.1) is 0 Å². The quantitative estimate of drug-likeness (QED) is 0.548. The van der Waals surface area contributed by atoms with E-state index in [0.717, 1.165) is 0 Å². The first-order valence-electron chi connectivity index (χ1n) is 1.78. The summed E-state index contributed by atoms with van der Waals surface area (Å²) in [5.41, 5.74) is 0. The van der Waals surface area contributed by atoms with Crippen molar-refractivity contribution in [3.05, 3.63) is 25.6 Å². The zero-order chi connectivity index (χ0) is 4.99. The minimum Gasteiger partial charge on any atom is -0.358 e. The molecule has 0 heterocycles. The summed E-state index contributed by atoms with van der Waals surface area (Å²) in [6.45, 7) is 6.97. The summed E-state index contributed by atoms with van der Waals surface area (Å²) >= 11 is 0. The fourth-order valence-electron chi connectivity index (χ4n) is 0.0745. The van der Waals surface area contributed by atoms with E-state index < -0.39 is 0 Å². The summed E-state index contributed by atoms with van der Waals surface area (Å²) in [5.74, 6) is 0. The van der Waals surface area contributed by atoms with E-state index >= 15 is 0 Å². The minimum absolute atomic E-state index is 0. The third-order valence-electron chi connectivity index (χ3n) is 0.576. The molecule has 0 aromatic rings. The van der Waals surface area contributed by atoms with E-state index in [1.54, 1.807) is 17.3 Å². The maximum atomic E-state index is 3.49. The molecular weight excluding hydrogens is 125 g/mol. The van der Waals surface area contributed by atoms with Gasteiger partial charge < -0.3 is 4.90 Å². The summed E-state index contributed by atoms with van der Waals surface area (Å²) < 4.78 is 0. The molecule has 0 unspecified atom stereocenters. The van der Waals surface area contributed by atoms with Crippen molar-refractivity contribution in [3.63, 3.8) is 0 Å².